The molecule has 0 aromatic carbocycles. The number of hydrogen-bond acceptors (Lipinski definition) is 5. The molecule has 4 N–H and O–H groups in total. The monoisotopic (exact) mass is 189 g/mol. The van der Waals surface area contributed by atoms with Gasteiger partial charge in [0.05, 0.1) is 0 Å². The molecule has 0 spiro atoms. The quantitative estimate of drug-likeness (QED) is 0.252. The summed E-state index contributed by atoms with van der Waals surface area (Å²) in [5, 5.41) is 13.6. The molecule has 0 fully saturated rings. The normalized spacial score (nSPS) is 13.7. The van der Waals surface area contributed by atoms with Crippen molar-refractivity contribution in [2.24, 2.45) is 0 Å². The number of nitrogens with zero attached hydrogens (tertiary/aromatic N) is 1. The number of rotatable bonds is 1. The minimum atomic E-state index is -4.08. The fraction of sp³-hybridized carbons (Fsp3) is 1.00. The summed E-state index contributed by atoms with van der Waals surface area (Å²) in [4.78, 5) is 34.0. The molecule has 0 saturated heterocycles. The Kier molecular flexibility index (Phi) is 4.50. The topological polar surface area (TPSA) is 124 Å². The van der Waals surface area contributed by atoms with Gasteiger partial charge in [0.15, 0.2) is 0 Å². The Balaban J connectivity index is 0. The van der Waals surface area contributed by atoms with Crippen LogP contribution in [-0.2, 0) is 0 Å². The second-order valence-electron chi connectivity index (χ2n) is 2.16. The Hall–Kier alpha value is -0.490. The van der Waals surface area contributed by atoms with E-state index in [-0.39, 0.29) is 6.16 Å². The molecule has 7 nitrogen and oxygen atoms in total. The Morgan fingerprint density at radius 1 is 1.45 bits per heavy atom. The molecule has 11 heavy (non-hydrogen) atoms. The molecule has 0 aliphatic heterocycles. The van der Waals surface area contributed by atoms with Gasteiger partial charge in [-0.2, -0.15) is 0 Å². The molecule has 0 aliphatic carbocycles. The van der Waals surface area contributed by atoms with Crippen LogP contribution in [0.1, 0.15) is 6.92 Å². The van der Waals surface area contributed by atoms with Crippen molar-refractivity contribution in [3.05, 3.63) is 10.1 Å². The molecule has 0 aromatic rings. The predicted octanol–water partition coefficient (Wildman–Crippen LogP) is -0.436. The van der Waals surface area contributed by atoms with E-state index in [9.17, 15) is 0 Å². The zero-order valence-corrected chi connectivity index (χ0v) is 7.10. The van der Waals surface area contributed by atoms with Gasteiger partial charge >= 0.3 is 41.7 Å². The summed E-state index contributed by atoms with van der Waals surface area (Å²) >= 11 is 0. The molecule has 0 rings (SSSR count). The molecular formula is C3H12NO6P. The molecule has 0 unspecified atom stereocenters. The average molecular weight is 189 g/mol. The van der Waals surface area contributed by atoms with Crippen molar-refractivity contribution in [3.63, 3.8) is 0 Å². The summed E-state index contributed by atoms with van der Waals surface area (Å²) in [5.74, 6) is 0. The van der Waals surface area contributed by atoms with Gasteiger partial charge in [-0.1, -0.05) is 0 Å². The average Bonchev–Trinajstić information content (AvgIpc) is 1.60. The van der Waals surface area contributed by atoms with Crippen LogP contribution >= 0.6 is 7.28 Å². The zero-order valence-electron chi connectivity index (χ0n) is 6.21. The molecule has 0 bridgehead atoms. The third-order valence-corrected chi connectivity index (χ3v) is 2.22. The van der Waals surface area contributed by atoms with E-state index in [1.807, 2.05) is 0 Å². The SMILES string of the molecule is CCP(C)(O)(O)O.O=[N+]([O-])O. The maximum Gasteiger partial charge on any atom is 0.291 e. The molecule has 0 atom stereocenters. The summed E-state index contributed by atoms with van der Waals surface area (Å²) < 4.78 is 0. The standard InChI is InChI=1S/C3H11O3P.HNO3/c1-3-7(2,4,5)6;2-1(3)4/h4-6H,3H2,1-2H3;(H,2,3,4). The summed E-state index contributed by atoms with van der Waals surface area (Å²) in [6, 6.07) is 0. The zero-order chi connectivity index (χ0) is 9.73. The van der Waals surface area contributed by atoms with E-state index < -0.39 is 12.4 Å². The van der Waals surface area contributed by atoms with Crippen LogP contribution in [0.3, 0.4) is 0 Å². The van der Waals surface area contributed by atoms with Crippen molar-refractivity contribution in [3.8, 4) is 0 Å². The van der Waals surface area contributed by atoms with Crippen LogP contribution in [0, 0.1) is 10.1 Å². The first-order chi connectivity index (χ1) is 4.54. The van der Waals surface area contributed by atoms with Gasteiger partial charge in [0.25, 0.3) is 5.09 Å². The smallest absolute Gasteiger partial charge is 0.291 e. The Morgan fingerprint density at radius 3 is 1.55 bits per heavy atom. The molecule has 0 radical (unpaired) electrons. The van der Waals surface area contributed by atoms with Crippen LogP contribution < -0.4 is 0 Å². The fourth-order valence-corrected chi connectivity index (χ4v) is 0. The maximum absolute atomic E-state index is 8.53. The van der Waals surface area contributed by atoms with Crippen LogP contribution in [0.5, 0.6) is 0 Å². The molecular weight excluding hydrogens is 177 g/mol. The second kappa shape index (κ2) is 3.77. The van der Waals surface area contributed by atoms with Crippen LogP contribution in [0.15, 0.2) is 0 Å². The van der Waals surface area contributed by atoms with Crippen molar-refractivity contribution in [1.82, 2.24) is 0 Å². The van der Waals surface area contributed by atoms with Gasteiger partial charge in [-0.15, -0.1) is 10.1 Å². The van der Waals surface area contributed by atoms with Gasteiger partial charge in [0, 0.05) is 0 Å². The van der Waals surface area contributed by atoms with Crippen molar-refractivity contribution in [1.29, 1.82) is 0 Å². The van der Waals surface area contributed by atoms with E-state index in [0.29, 0.717) is 0 Å². The number of hydrogen-bond donors (Lipinski definition) is 4. The van der Waals surface area contributed by atoms with E-state index >= 15 is 0 Å². The summed E-state index contributed by atoms with van der Waals surface area (Å²) in [7, 11) is -4.08. The Morgan fingerprint density at radius 2 is 1.55 bits per heavy atom. The second-order valence-corrected chi connectivity index (χ2v) is 6.01. The van der Waals surface area contributed by atoms with Gasteiger partial charge in [-0.05, 0) is 0 Å². The van der Waals surface area contributed by atoms with E-state index in [1.165, 1.54) is 6.92 Å². The van der Waals surface area contributed by atoms with Gasteiger partial charge in [-0.3, -0.25) is 0 Å². The fourth-order valence-electron chi connectivity index (χ4n) is 0. The van der Waals surface area contributed by atoms with E-state index in [4.69, 9.17) is 30.0 Å². The molecule has 0 aliphatic rings. The van der Waals surface area contributed by atoms with E-state index in [2.05, 4.69) is 0 Å². The van der Waals surface area contributed by atoms with Gasteiger partial charge < -0.3 is 5.21 Å². The van der Waals surface area contributed by atoms with Gasteiger partial charge in [0.2, 0.25) is 0 Å². The van der Waals surface area contributed by atoms with Crippen LogP contribution in [0.25, 0.3) is 0 Å². The minimum absolute atomic E-state index is 0.0333. The summed E-state index contributed by atoms with van der Waals surface area (Å²) in [6.07, 6.45) is 0.0333. The summed E-state index contributed by atoms with van der Waals surface area (Å²) in [6.45, 7) is 2.59. The van der Waals surface area contributed by atoms with Crippen LogP contribution in [0.2, 0.25) is 0 Å². The Labute approximate surface area is 63.2 Å². The van der Waals surface area contributed by atoms with E-state index in [1.54, 1.807) is 0 Å². The van der Waals surface area contributed by atoms with Crippen molar-refractivity contribution >= 4 is 7.28 Å². The van der Waals surface area contributed by atoms with Gasteiger partial charge in [0.1, 0.15) is 0 Å². The van der Waals surface area contributed by atoms with Crippen molar-refractivity contribution in [2.75, 3.05) is 12.8 Å². The van der Waals surface area contributed by atoms with Crippen molar-refractivity contribution < 1.29 is 25.0 Å². The Bertz CT molecular complexity index is 125. The van der Waals surface area contributed by atoms with Crippen LogP contribution in [-0.4, -0.2) is 37.8 Å². The predicted molar refractivity (Wildman–Crippen MR) is 38.8 cm³/mol. The molecule has 0 aromatic heterocycles. The third-order valence-electron chi connectivity index (χ3n) is 0.740. The third kappa shape index (κ3) is 43.5. The molecule has 70 valence electrons. The van der Waals surface area contributed by atoms with Gasteiger partial charge in [-0.25, -0.2) is 0 Å². The molecule has 0 saturated carbocycles. The van der Waals surface area contributed by atoms with Crippen LogP contribution in [0.4, 0.5) is 0 Å². The van der Waals surface area contributed by atoms with E-state index in [0.717, 1.165) is 6.66 Å². The molecule has 0 amide bonds. The molecule has 0 heterocycles. The first-order valence-corrected chi connectivity index (χ1v) is 5.36. The van der Waals surface area contributed by atoms with Crippen molar-refractivity contribution in [2.45, 2.75) is 6.92 Å². The minimum Gasteiger partial charge on any atom is -0.328 e. The first kappa shape index (κ1) is 13.1. The summed E-state index contributed by atoms with van der Waals surface area (Å²) in [5.41, 5.74) is 0. The first-order valence-electron chi connectivity index (χ1n) is 2.64. The molecule has 8 heteroatoms. The maximum atomic E-state index is 8.53. The largest absolute Gasteiger partial charge is 0.328 e.